The first-order valence-corrected chi connectivity index (χ1v) is 7.68. The number of hydrazone groups is 1. The van der Waals surface area contributed by atoms with E-state index in [1.807, 2.05) is 54.6 Å². The third-order valence-electron chi connectivity index (χ3n) is 3.39. The van der Waals surface area contributed by atoms with E-state index < -0.39 is 0 Å². The molecule has 0 radical (unpaired) electrons. The standard InChI is InChI=1S/C19H16ClN3/c1-14-7-5-10-16(13-14)18(15-8-3-2-4-9-15)23-22-17-11-6-12-21-19(17)20/h2-13,22H,1H3. The highest BCUT2D eigenvalue weighted by Gasteiger charge is 2.08. The van der Waals surface area contributed by atoms with Crippen molar-refractivity contribution in [1.29, 1.82) is 0 Å². The van der Waals surface area contributed by atoms with E-state index in [2.05, 4.69) is 34.6 Å². The zero-order valence-corrected chi connectivity index (χ0v) is 13.5. The Morgan fingerprint density at radius 3 is 2.48 bits per heavy atom. The number of nitrogens with one attached hydrogen (secondary N) is 1. The Balaban J connectivity index is 2.02. The molecule has 3 rings (SSSR count). The topological polar surface area (TPSA) is 37.3 Å². The molecule has 1 aromatic heterocycles. The number of anilines is 1. The van der Waals surface area contributed by atoms with E-state index >= 15 is 0 Å². The molecule has 4 heteroatoms. The second kappa shape index (κ2) is 7.07. The van der Waals surface area contributed by atoms with Crippen molar-refractivity contribution in [3.8, 4) is 0 Å². The summed E-state index contributed by atoms with van der Waals surface area (Å²) in [7, 11) is 0. The first-order chi connectivity index (χ1) is 11.2. The highest BCUT2D eigenvalue weighted by atomic mass is 35.5. The van der Waals surface area contributed by atoms with Gasteiger partial charge in [-0.3, -0.25) is 5.43 Å². The number of pyridine rings is 1. The maximum atomic E-state index is 6.08. The molecule has 0 atom stereocenters. The maximum absolute atomic E-state index is 6.08. The smallest absolute Gasteiger partial charge is 0.153 e. The van der Waals surface area contributed by atoms with Crippen molar-refractivity contribution in [1.82, 2.24) is 4.98 Å². The van der Waals surface area contributed by atoms with Crippen molar-refractivity contribution in [2.75, 3.05) is 5.43 Å². The van der Waals surface area contributed by atoms with Crippen LogP contribution in [0.15, 0.2) is 78.0 Å². The summed E-state index contributed by atoms with van der Waals surface area (Å²) in [5.41, 5.74) is 7.82. The summed E-state index contributed by atoms with van der Waals surface area (Å²) in [6, 6.07) is 22.0. The van der Waals surface area contributed by atoms with Crippen molar-refractivity contribution in [2.24, 2.45) is 5.10 Å². The molecule has 0 saturated carbocycles. The summed E-state index contributed by atoms with van der Waals surface area (Å²) in [6.45, 7) is 2.07. The minimum Gasteiger partial charge on any atom is -0.275 e. The Morgan fingerprint density at radius 2 is 1.74 bits per heavy atom. The summed E-state index contributed by atoms with van der Waals surface area (Å²) in [4.78, 5) is 4.05. The minimum absolute atomic E-state index is 0.396. The lowest BCUT2D eigenvalue weighted by atomic mass is 10.0. The third-order valence-corrected chi connectivity index (χ3v) is 3.69. The number of halogens is 1. The molecule has 1 heterocycles. The molecule has 0 aliphatic carbocycles. The Morgan fingerprint density at radius 1 is 0.957 bits per heavy atom. The molecule has 114 valence electrons. The molecular formula is C19H16ClN3. The predicted molar refractivity (Wildman–Crippen MR) is 96.1 cm³/mol. The number of rotatable bonds is 4. The van der Waals surface area contributed by atoms with E-state index in [9.17, 15) is 0 Å². The molecule has 1 N–H and O–H groups in total. The summed E-state index contributed by atoms with van der Waals surface area (Å²) < 4.78 is 0. The number of aryl methyl sites for hydroxylation is 1. The van der Waals surface area contributed by atoms with Crippen LogP contribution in [-0.4, -0.2) is 10.7 Å². The number of hydrogen-bond acceptors (Lipinski definition) is 3. The van der Waals surface area contributed by atoms with Gasteiger partial charge in [-0.15, -0.1) is 0 Å². The zero-order chi connectivity index (χ0) is 16.1. The van der Waals surface area contributed by atoms with E-state index in [1.165, 1.54) is 5.56 Å². The highest BCUT2D eigenvalue weighted by Crippen LogP contribution is 2.19. The van der Waals surface area contributed by atoms with Crippen LogP contribution in [0.25, 0.3) is 0 Å². The molecule has 2 aromatic carbocycles. The third kappa shape index (κ3) is 3.76. The van der Waals surface area contributed by atoms with Crippen molar-refractivity contribution in [3.63, 3.8) is 0 Å². The van der Waals surface area contributed by atoms with Gasteiger partial charge in [0.05, 0.1) is 11.4 Å². The van der Waals surface area contributed by atoms with Gasteiger partial charge < -0.3 is 0 Å². The molecule has 0 aliphatic heterocycles. The van der Waals surface area contributed by atoms with Gasteiger partial charge in [-0.1, -0.05) is 65.7 Å². The van der Waals surface area contributed by atoms with Crippen molar-refractivity contribution in [2.45, 2.75) is 6.92 Å². The molecule has 0 unspecified atom stereocenters. The van der Waals surface area contributed by atoms with Gasteiger partial charge in [0.15, 0.2) is 5.15 Å². The molecule has 23 heavy (non-hydrogen) atoms. The van der Waals surface area contributed by atoms with Gasteiger partial charge in [0.25, 0.3) is 0 Å². The van der Waals surface area contributed by atoms with Crippen molar-refractivity contribution < 1.29 is 0 Å². The van der Waals surface area contributed by atoms with Gasteiger partial charge in [0, 0.05) is 17.3 Å². The number of aromatic nitrogens is 1. The van der Waals surface area contributed by atoms with Crippen LogP contribution in [-0.2, 0) is 0 Å². The van der Waals surface area contributed by atoms with Gasteiger partial charge in [0.1, 0.15) is 0 Å². The molecule has 0 bridgehead atoms. The zero-order valence-electron chi connectivity index (χ0n) is 12.7. The first-order valence-electron chi connectivity index (χ1n) is 7.31. The average molecular weight is 322 g/mol. The average Bonchev–Trinajstić information content (AvgIpc) is 2.58. The van der Waals surface area contributed by atoms with E-state index in [-0.39, 0.29) is 0 Å². The van der Waals surface area contributed by atoms with Crippen molar-refractivity contribution in [3.05, 3.63) is 94.8 Å². The van der Waals surface area contributed by atoms with Crippen LogP contribution in [0.4, 0.5) is 5.69 Å². The van der Waals surface area contributed by atoms with E-state index in [0.29, 0.717) is 10.8 Å². The fourth-order valence-corrected chi connectivity index (χ4v) is 2.43. The lowest BCUT2D eigenvalue weighted by Crippen LogP contribution is -2.07. The fourth-order valence-electron chi connectivity index (χ4n) is 2.27. The molecule has 0 fully saturated rings. The quantitative estimate of drug-likeness (QED) is 0.421. The Bertz CT molecular complexity index is 829. The van der Waals surface area contributed by atoms with Crippen LogP contribution in [0.5, 0.6) is 0 Å². The molecule has 3 nitrogen and oxygen atoms in total. The molecule has 0 amide bonds. The molecule has 3 aromatic rings. The summed E-state index contributed by atoms with van der Waals surface area (Å²) in [5.74, 6) is 0. The van der Waals surface area contributed by atoms with Gasteiger partial charge >= 0.3 is 0 Å². The second-order valence-corrected chi connectivity index (χ2v) is 5.51. The van der Waals surface area contributed by atoms with E-state index in [1.54, 1.807) is 6.20 Å². The largest absolute Gasteiger partial charge is 0.275 e. The Kier molecular flexibility index (Phi) is 4.69. The van der Waals surface area contributed by atoms with Crippen LogP contribution >= 0.6 is 11.6 Å². The molecular weight excluding hydrogens is 306 g/mol. The summed E-state index contributed by atoms with van der Waals surface area (Å²) in [5, 5.41) is 4.97. The van der Waals surface area contributed by atoms with Crippen LogP contribution in [0.3, 0.4) is 0 Å². The van der Waals surface area contributed by atoms with Gasteiger partial charge in [-0.25, -0.2) is 4.98 Å². The minimum atomic E-state index is 0.396. The lowest BCUT2D eigenvalue weighted by Gasteiger charge is -2.09. The van der Waals surface area contributed by atoms with Crippen LogP contribution < -0.4 is 5.43 Å². The van der Waals surface area contributed by atoms with Gasteiger partial charge in [0.2, 0.25) is 0 Å². The number of benzene rings is 2. The van der Waals surface area contributed by atoms with E-state index in [0.717, 1.165) is 16.8 Å². The Labute approximate surface area is 140 Å². The van der Waals surface area contributed by atoms with E-state index in [4.69, 9.17) is 11.6 Å². The first kappa shape index (κ1) is 15.3. The summed E-state index contributed by atoms with van der Waals surface area (Å²) in [6.07, 6.45) is 1.65. The molecule has 0 aliphatic rings. The van der Waals surface area contributed by atoms with Crippen LogP contribution in [0, 0.1) is 6.92 Å². The number of nitrogens with zero attached hydrogens (tertiary/aromatic N) is 2. The Hall–Kier alpha value is -2.65. The van der Waals surface area contributed by atoms with Crippen LogP contribution in [0.2, 0.25) is 5.15 Å². The second-order valence-electron chi connectivity index (χ2n) is 5.15. The van der Waals surface area contributed by atoms with Gasteiger partial charge in [-0.2, -0.15) is 5.10 Å². The molecule has 0 saturated heterocycles. The number of hydrogen-bond donors (Lipinski definition) is 1. The lowest BCUT2D eigenvalue weighted by molar-refractivity contribution is 1.26. The van der Waals surface area contributed by atoms with Crippen molar-refractivity contribution >= 4 is 23.0 Å². The molecule has 0 spiro atoms. The van der Waals surface area contributed by atoms with Gasteiger partial charge in [-0.05, 0) is 25.1 Å². The summed E-state index contributed by atoms with van der Waals surface area (Å²) >= 11 is 6.08. The highest BCUT2D eigenvalue weighted by molar-refractivity contribution is 6.32. The predicted octanol–water partition coefficient (Wildman–Crippen LogP) is 4.91. The van der Waals surface area contributed by atoms with Crippen LogP contribution in [0.1, 0.15) is 16.7 Å². The monoisotopic (exact) mass is 321 g/mol. The normalized spacial score (nSPS) is 11.3. The SMILES string of the molecule is Cc1cccc(C(=NNc2cccnc2Cl)c2ccccc2)c1. The fraction of sp³-hybridized carbons (Fsp3) is 0.0526. The maximum Gasteiger partial charge on any atom is 0.153 e.